The molecule has 1 aromatic rings. The molecule has 1 fully saturated rings. The zero-order valence-corrected chi connectivity index (χ0v) is 8.85. The number of fused-ring (bicyclic) bond motifs is 2. The van der Waals surface area contributed by atoms with E-state index in [1.807, 2.05) is 0 Å². The number of nitrogens with one attached hydrogen (secondary N) is 1. The van der Waals surface area contributed by atoms with Gasteiger partial charge in [0.2, 0.25) is 0 Å². The third-order valence-electron chi connectivity index (χ3n) is 3.04. The first-order chi connectivity index (χ1) is 7.88. The number of aromatic nitrogens is 1. The van der Waals surface area contributed by atoms with Crippen LogP contribution >= 0.6 is 0 Å². The van der Waals surface area contributed by atoms with E-state index in [4.69, 9.17) is 9.47 Å². The van der Waals surface area contributed by atoms with E-state index < -0.39 is 0 Å². The van der Waals surface area contributed by atoms with Crippen molar-refractivity contribution >= 4 is 5.82 Å². The molecule has 3 heterocycles. The molecule has 0 radical (unpaired) electrons. The van der Waals surface area contributed by atoms with Crippen LogP contribution in [0.2, 0.25) is 0 Å². The second-order valence-corrected chi connectivity index (χ2v) is 4.08. The number of ether oxygens (including phenoxy) is 2. The van der Waals surface area contributed by atoms with Crippen molar-refractivity contribution in [3.05, 3.63) is 17.8 Å². The minimum atomic E-state index is -0.0274. The van der Waals surface area contributed by atoms with Crippen molar-refractivity contribution in [3.63, 3.8) is 0 Å². The average Bonchev–Trinajstić information content (AvgIpc) is 2.35. The molecule has 0 saturated carbocycles. The molecule has 0 amide bonds. The van der Waals surface area contributed by atoms with Crippen LogP contribution in [-0.4, -0.2) is 35.5 Å². The lowest BCUT2D eigenvalue weighted by Crippen LogP contribution is -2.48. The zero-order valence-electron chi connectivity index (χ0n) is 8.85. The molecule has 5 heteroatoms. The Morgan fingerprint density at radius 3 is 3.38 bits per heavy atom. The van der Waals surface area contributed by atoms with Gasteiger partial charge in [-0.2, -0.15) is 0 Å². The van der Waals surface area contributed by atoms with Crippen molar-refractivity contribution in [2.75, 3.05) is 18.5 Å². The average molecular weight is 222 g/mol. The number of aliphatic hydroxyl groups excluding tert-OH is 1. The van der Waals surface area contributed by atoms with E-state index in [-0.39, 0.29) is 18.8 Å². The number of rotatable bonds is 1. The van der Waals surface area contributed by atoms with Gasteiger partial charge in [0.05, 0.1) is 25.9 Å². The maximum absolute atomic E-state index is 9.23. The quantitative estimate of drug-likeness (QED) is 0.726. The number of hydrogen-bond acceptors (Lipinski definition) is 5. The standard InChI is InChI=1S/C11H14N2O3/c14-5-7-1-3-12-11-10(7)16-9-2-4-15-6-8(9)13-11/h1,3,8-9,14H,2,4-6H2,(H,12,13). The number of hydrogen-bond donors (Lipinski definition) is 2. The Morgan fingerprint density at radius 1 is 1.56 bits per heavy atom. The molecule has 16 heavy (non-hydrogen) atoms. The Morgan fingerprint density at radius 2 is 2.50 bits per heavy atom. The summed E-state index contributed by atoms with van der Waals surface area (Å²) in [4.78, 5) is 4.22. The fourth-order valence-electron chi connectivity index (χ4n) is 2.17. The highest BCUT2D eigenvalue weighted by atomic mass is 16.5. The van der Waals surface area contributed by atoms with Crippen LogP contribution in [0.1, 0.15) is 12.0 Å². The van der Waals surface area contributed by atoms with Crippen LogP contribution in [-0.2, 0) is 11.3 Å². The fourth-order valence-corrected chi connectivity index (χ4v) is 2.17. The van der Waals surface area contributed by atoms with Crippen molar-refractivity contribution in [2.45, 2.75) is 25.2 Å². The molecule has 2 N–H and O–H groups in total. The highest BCUT2D eigenvalue weighted by Crippen LogP contribution is 2.34. The summed E-state index contributed by atoms with van der Waals surface area (Å²) in [6.45, 7) is 1.35. The predicted molar refractivity (Wildman–Crippen MR) is 57.4 cm³/mol. The lowest BCUT2D eigenvalue weighted by molar-refractivity contribution is 0.00859. The molecule has 1 aromatic heterocycles. The minimum absolute atomic E-state index is 0.0274. The Bertz CT molecular complexity index is 397. The first kappa shape index (κ1) is 9.86. The summed E-state index contributed by atoms with van der Waals surface area (Å²) in [6.07, 6.45) is 2.66. The molecular weight excluding hydrogens is 208 g/mol. The molecule has 2 aliphatic heterocycles. The third kappa shape index (κ3) is 1.52. The Balaban J connectivity index is 1.95. The van der Waals surface area contributed by atoms with E-state index in [9.17, 15) is 5.11 Å². The van der Waals surface area contributed by atoms with E-state index in [2.05, 4.69) is 10.3 Å². The highest BCUT2D eigenvalue weighted by Gasteiger charge is 2.33. The summed E-state index contributed by atoms with van der Waals surface area (Å²) in [5, 5.41) is 12.5. The van der Waals surface area contributed by atoms with E-state index in [1.165, 1.54) is 0 Å². The van der Waals surface area contributed by atoms with Crippen LogP contribution in [0.5, 0.6) is 5.75 Å². The summed E-state index contributed by atoms with van der Waals surface area (Å²) in [5.74, 6) is 1.39. The smallest absolute Gasteiger partial charge is 0.169 e. The minimum Gasteiger partial charge on any atom is -0.484 e. The Hall–Kier alpha value is -1.33. The Kier molecular flexibility index (Phi) is 2.41. The molecule has 3 rings (SSSR count). The van der Waals surface area contributed by atoms with Crippen LogP contribution in [0.15, 0.2) is 12.3 Å². The van der Waals surface area contributed by atoms with Crippen LogP contribution < -0.4 is 10.1 Å². The molecule has 0 spiro atoms. The van der Waals surface area contributed by atoms with Gasteiger partial charge in [0.1, 0.15) is 6.10 Å². The van der Waals surface area contributed by atoms with Gasteiger partial charge in [-0.3, -0.25) is 0 Å². The Labute approximate surface area is 93.4 Å². The van der Waals surface area contributed by atoms with Crippen LogP contribution in [0.3, 0.4) is 0 Å². The first-order valence-electron chi connectivity index (χ1n) is 5.48. The molecule has 1 saturated heterocycles. The topological polar surface area (TPSA) is 63.6 Å². The molecule has 2 atom stereocenters. The maximum atomic E-state index is 9.23. The van der Waals surface area contributed by atoms with Crippen LogP contribution in [0.4, 0.5) is 5.82 Å². The van der Waals surface area contributed by atoms with E-state index in [1.54, 1.807) is 12.3 Å². The molecule has 2 unspecified atom stereocenters. The monoisotopic (exact) mass is 222 g/mol. The van der Waals surface area contributed by atoms with Gasteiger partial charge in [-0.05, 0) is 6.07 Å². The normalized spacial score (nSPS) is 27.3. The largest absolute Gasteiger partial charge is 0.484 e. The van der Waals surface area contributed by atoms with Gasteiger partial charge in [0.25, 0.3) is 0 Å². The second-order valence-electron chi connectivity index (χ2n) is 4.08. The van der Waals surface area contributed by atoms with Gasteiger partial charge in [-0.15, -0.1) is 0 Å². The zero-order chi connectivity index (χ0) is 11.0. The summed E-state index contributed by atoms with van der Waals surface area (Å²) in [5.41, 5.74) is 0.780. The van der Waals surface area contributed by atoms with E-state index in [0.717, 1.165) is 18.6 Å². The van der Waals surface area contributed by atoms with Gasteiger partial charge in [0.15, 0.2) is 11.6 Å². The third-order valence-corrected chi connectivity index (χ3v) is 3.04. The van der Waals surface area contributed by atoms with Gasteiger partial charge in [0, 0.05) is 18.2 Å². The summed E-state index contributed by atoms with van der Waals surface area (Å²) < 4.78 is 11.3. The second kappa shape index (κ2) is 3.92. The first-order valence-corrected chi connectivity index (χ1v) is 5.48. The van der Waals surface area contributed by atoms with Gasteiger partial charge in [-0.1, -0.05) is 0 Å². The highest BCUT2D eigenvalue weighted by molar-refractivity contribution is 5.57. The summed E-state index contributed by atoms with van der Waals surface area (Å²) in [6, 6.07) is 1.95. The summed E-state index contributed by atoms with van der Waals surface area (Å²) >= 11 is 0. The fraction of sp³-hybridized carbons (Fsp3) is 0.545. The van der Waals surface area contributed by atoms with Crippen LogP contribution in [0, 0.1) is 0 Å². The lowest BCUT2D eigenvalue weighted by Gasteiger charge is -2.37. The van der Waals surface area contributed by atoms with Crippen LogP contribution in [0.25, 0.3) is 0 Å². The molecule has 0 bridgehead atoms. The number of aliphatic hydroxyl groups is 1. The molecular formula is C11H14N2O3. The lowest BCUT2D eigenvalue weighted by atomic mass is 10.0. The van der Waals surface area contributed by atoms with Crippen molar-refractivity contribution in [1.82, 2.24) is 4.98 Å². The van der Waals surface area contributed by atoms with E-state index >= 15 is 0 Å². The van der Waals surface area contributed by atoms with E-state index in [0.29, 0.717) is 18.2 Å². The molecule has 86 valence electrons. The van der Waals surface area contributed by atoms with Crippen molar-refractivity contribution in [1.29, 1.82) is 0 Å². The number of pyridine rings is 1. The van der Waals surface area contributed by atoms with Gasteiger partial charge in [-0.25, -0.2) is 4.98 Å². The molecule has 5 nitrogen and oxygen atoms in total. The van der Waals surface area contributed by atoms with Gasteiger partial charge < -0.3 is 19.9 Å². The van der Waals surface area contributed by atoms with Crippen molar-refractivity contribution in [3.8, 4) is 5.75 Å². The number of nitrogens with zero attached hydrogens (tertiary/aromatic N) is 1. The summed E-state index contributed by atoms with van der Waals surface area (Å²) in [7, 11) is 0. The van der Waals surface area contributed by atoms with Crippen molar-refractivity contribution < 1.29 is 14.6 Å². The van der Waals surface area contributed by atoms with Crippen molar-refractivity contribution in [2.24, 2.45) is 0 Å². The molecule has 2 aliphatic rings. The predicted octanol–water partition coefficient (Wildman–Crippen LogP) is 0.536. The number of anilines is 1. The van der Waals surface area contributed by atoms with Gasteiger partial charge >= 0.3 is 0 Å². The molecule has 0 aliphatic carbocycles. The maximum Gasteiger partial charge on any atom is 0.169 e. The SMILES string of the molecule is OCc1ccnc2c1OC1CCOCC1N2. The molecule has 0 aromatic carbocycles.